The summed E-state index contributed by atoms with van der Waals surface area (Å²) in [5, 5.41) is 10.5. The first-order valence-electron chi connectivity index (χ1n) is 4.03. The number of amides is 1. The van der Waals surface area contributed by atoms with E-state index in [-0.39, 0.29) is 5.15 Å². The van der Waals surface area contributed by atoms with Crippen LogP contribution in [0.3, 0.4) is 0 Å². The van der Waals surface area contributed by atoms with E-state index < -0.39 is 5.91 Å². The zero-order valence-corrected chi connectivity index (χ0v) is 8.30. The van der Waals surface area contributed by atoms with E-state index in [4.69, 9.17) is 16.9 Å². The highest BCUT2D eigenvalue weighted by Gasteiger charge is 2.07. The highest BCUT2D eigenvalue weighted by molar-refractivity contribution is 6.29. The molecule has 0 unspecified atom stereocenters. The maximum absolute atomic E-state index is 11.2. The maximum atomic E-state index is 11.2. The van der Waals surface area contributed by atoms with E-state index in [9.17, 15) is 4.79 Å². The molecule has 4 nitrogen and oxygen atoms in total. The summed E-state index contributed by atoms with van der Waals surface area (Å²) in [5.74, 6) is -0.466. The summed E-state index contributed by atoms with van der Waals surface area (Å²) in [4.78, 5) is 15.2. The molecule has 1 aromatic heterocycles. The molecule has 0 radical (unpaired) electrons. The van der Waals surface area contributed by atoms with Gasteiger partial charge in [0.05, 0.1) is 0 Å². The molecule has 14 heavy (non-hydrogen) atoms. The third-order valence-electron chi connectivity index (χ3n) is 1.64. The Kier molecular flexibility index (Phi) is 3.43. The minimum atomic E-state index is -0.466. The molecule has 1 N–H and O–H groups in total. The summed E-state index contributed by atoms with van der Waals surface area (Å²) in [6, 6.07) is 3.03. The lowest BCUT2D eigenvalue weighted by molar-refractivity contribution is 0.0972. The molecule has 72 valence electrons. The fraction of sp³-hybridized carbons (Fsp3) is 0.222. The predicted molar refractivity (Wildman–Crippen MR) is 51.7 cm³/mol. The molecule has 0 saturated carbocycles. The topological polar surface area (TPSA) is 65.8 Å². The van der Waals surface area contributed by atoms with Crippen LogP contribution in [0, 0.1) is 11.5 Å². The van der Waals surface area contributed by atoms with Crippen molar-refractivity contribution < 1.29 is 4.79 Å². The number of rotatable bonds is 2. The molecule has 5 heteroatoms. The zero-order valence-electron chi connectivity index (χ0n) is 7.54. The molecule has 1 aromatic rings. The number of nitrogens with zero attached hydrogens (tertiary/aromatic N) is 2. The molecule has 1 heterocycles. The second kappa shape index (κ2) is 4.58. The quantitative estimate of drug-likeness (QED) is 0.456. The van der Waals surface area contributed by atoms with Crippen molar-refractivity contribution in [2.45, 2.75) is 13.3 Å². The Morgan fingerprint density at radius 3 is 3.00 bits per heavy atom. The molecular formula is C9H8ClN3O. The highest BCUT2D eigenvalue weighted by atomic mass is 35.5. The number of aryl methyl sites for hydroxylation is 1. The molecule has 1 rings (SSSR count). The average Bonchev–Trinajstić information content (AvgIpc) is 2.17. The molecule has 0 bridgehead atoms. The van der Waals surface area contributed by atoms with Gasteiger partial charge in [0.25, 0.3) is 5.91 Å². The van der Waals surface area contributed by atoms with Crippen molar-refractivity contribution >= 4 is 17.5 Å². The third-order valence-corrected chi connectivity index (χ3v) is 1.83. The monoisotopic (exact) mass is 209 g/mol. The molecule has 0 spiro atoms. The third kappa shape index (κ3) is 2.44. The first kappa shape index (κ1) is 10.5. The Balaban J connectivity index is 3.04. The summed E-state index contributed by atoms with van der Waals surface area (Å²) in [6.07, 6.45) is 2.25. The second-order valence-electron chi connectivity index (χ2n) is 2.59. The van der Waals surface area contributed by atoms with Crippen LogP contribution in [0.25, 0.3) is 0 Å². The number of carbonyl (C=O) groups excluding carboxylic acids is 1. The number of nitrogens with one attached hydrogen (secondary N) is 1. The number of hydrogen-bond donors (Lipinski definition) is 1. The molecule has 0 aliphatic heterocycles. The van der Waals surface area contributed by atoms with Crippen molar-refractivity contribution in [3.8, 4) is 6.19 Å². The number of carbonyl (C=O) groups is 1. The largest absolute Gasteiger partial charge is 0.268 e. The number of hydrogen-bond acceptors (Lipinski definition) is 3. The van der Waals surface area contributed by atoms with Gasteiger partial charge in [-0.1, -0.05) is 18.5 Å². The van der Waals surface area contributed by atoms with Crippen LogP contribution in [0.4, 0.5) is 0 Å². The Bertz CT molecular complexity index is 398. The molecule has 0 aliphatic carbocycles. The molecule has 1 amide bonds. The minimum absolute atomic E-state index is 0.257. The van der Waals surface area contributed by atoms with Gasteiger partial charge in [-0.05, 0) is 18.6 Å². The van der Waals surface area contributed by atoms with Gasteiger partial charge in [-0.15, -0.1) is 0 Å². The van der Waals surface area contributed by atoms with Gasteiger partial charge in [-0.25, -0.2) is 4.98 Å². The lowest BCUT2D eigenvalue weighted by Crippen LogP contribution is -2.17. The van der Waals surface area contributed by atoms with Gasteiger partial charge in [0, 0.05) is 11.3 Å². The van der Waals surface area contributed by atoms with Gasteiger partial charge in [0.2, 0.25) is 0 Å². The van der Waals surface area contributed by atoms with E-state index >= 15 is 0 Å². The molecule has 0 fully saturated rings. The first-order valence-corrected chi connectivity index (χ1v) is 4.41. The number of halogens is 1. The lowest BCUT2D eigenvalue weighted by atomic mass is 10.2. The fourth-order valence-corrected chi connectivity index (χ4v) is 1.21. The van der Waals surface area contributed by atoms with E-state index in [0.29, 0.717) is 12.0 Å². The molecule has 0 aliphatic rings. The van der Waals surface area contributed by atoms with E-state index in [1.807, 2.05) is 12.2 Å². The van der Waals surface area contributed by atoms with Gasteiger partial charge in [0.15, 0.2) is 6.19 Å². The van der Waals surface area contributed by atoms with Crippen molar-refractivity contribution in [1.29, 1.82) is 5.26 Å². The van der Waals surface area contributed by atoms with Gasteiger partial charge in [-0.3, -0.25) is 10.1 Å². The van der Waals surface area contributed by atoms with Gasteiger partial charge in [-0.2, -0.15) is 5.26 Å². The van der Waals surface area contributed by atoms with Crippen molar-refractivity contribution in [2.24, 2.45) is 0 Å². The Morgan fingerprint density at radius 1 is 1.71 bits per heavy atom. The van der Waals surface area contributed by atoms with E-state index in [2.05, 4.69) is 4.98 Å². The van der Waals surface area contributed by atoms with Crippen molar-refractivity contribution in [2.75, 3.05) is 0 Å². The Morgan fingerprint density at radius 2 is 2.43 bits per heavy atom. The SMILES string of the molecule is CCc1cc(C(=O)NC#N)cc(Cl)n1. The van der Waals surface area contributed by atoms with Crippen molar-refractivity contribution in [3.05, 3.63) is 28.5 Å². The van der Waals surface area contributed by atoms with Crippen molar-refractivity contribution in [1.82, 2.24) is 10.3 Å². The standard InChI is InChI=1S/C9H8ClN3O/c1-2-7-3-6(4-8(10)13-7)9(14)12-5-11/h3-4H,2H2,1H3,(H,12,14). The van der Waals surface area contributed by atoms with E-state index in [1.165, 1.54) is 6.07 Å². The first-order chi connectivity index (χ1) is 6.67. The van der Waals surface area contributed by atoms with Crippen LogP contribution < -0.4 is 5.32 Å². The van der Waals surface area contributed by atoms with E-state index in [1.54, 1.807) is 12.3 Å². The molecule has 0 atom stereocenters. The van der Waals surface area contributed by atoms with Crippen LogP contribution in [0.2, 0.25) is 5.15 Å². The Labute approximate surface area is 86.5 Å². The van der Waals surface area contributed by atoms with Crippen LogP contribution in [0.5, 0.6) is 0 Å². The van der Waals surface area contributed by atoms with Gasteiger partial charge in [0.1, 0.15) is 5.15 Å². The van der Waals surface area contributed by atoms with Crippen LogP contribution in [0.15, 0.2) is 12.1 Å². The van der Waals surface area contributed by atoms with E-state index in [0.717, 1.165) is 5.69 Å². The maximum Gasteiger partial charge on any atom is 0.264 e. The second-order valence-corrected chi connectivity index (χ2v) is 2.98. The fourth-order valence-electron chi connectivity index (χ4n) is 0.986. The zero-order chi connectivity index (χ0) is 10.6. The smallest absolute Gasteiger partial charge is 0.264 e. The number of aromatic nitrogens is 1. The van der Waals surface area contributed by atoms with Crippen molar-refractivity contribution in [3.63, 3.8) is 0 Å². The summed E-state index contributed by atoms with van der Waals surface area (Å²) in [6.45, 7) is 1.91. The average molecular weight is 210 g/mol. The van der Waals surface area contributed by atoms with Crippen LogP contribution in [0.1, 0.15) is 23.0 Å². The normalized spacial score (nSPS) is 9.21. The van der Waals surface area contributed by atoms with Crippen LogP contribution in [-0.2, 0) is 6.42 Å². The lowest BCUT2D eigenvalue weighted by Gasteiger charge is -2.01. The van der Waals surface area contributed by atoms with Crippen LogP contribution in [-0.4, -0.2) is 10.9 Å². The summed E-state index contributed by atoms with van der Waals surface area (Å²) in [5.41, 5.74) is 1.07. The number of pyridine rings is 1. The minimum Gasteiger partial charge on any atom is -0.268 e. The van der Waals surface area contributed by atoms with Gasteiger partial charge < -0.3 is 0 Å². The summed E-state index contributed by atoms with van der Waals surface area (Å²) >= 11 is 5.70. The van der Waals surface area contributed by atoms with Gasteiger partial charge >= 0.3 is 0 Å². The highest BCUT2D eigenvalue weighted by Crippen LogP contribution is 2.11. The molecule has 0 aromatic carbocycles. The molecule has 0 saturated heterocycles. The summed E-state index contributed by atoms with van der Waals surface area (Å²) < 4.78 is 0. The predicted octanol–water partition coefficient (Wildman–Crippen LogP) is 1.51. The summed E-state index contributed by atoms with van der Waals surface area (Å²) in [7, 11) is 0. The molecular weight excluding hydrogens is 202 g/mol. The number of nitriles is 1. The Hall–Kier alpha value is -1.60. The van der Waals surface area contributed by atoms with Crippen LogP contribution >= 0.6 is 11.6 Å².